The molecule has 0 saturated carbocycles. The fourth-order valence-electron chi connectivity index (χ4n) is 0.488. The van der Waals surface area contributed by atoms with Gasteiger partial charge in [-0.1, -0.05) is 0 Å². The summed E-state index contributed by atoms with van der Waals surface area (Å²) in [6.07, 6.45) is -4.93. The summed E-state index contributed by atoms with van der Waals surface area (Å²) in [5, 5.41) is 16.9. The molecule has 0 radical (unpaired) electrons. The fourth-order valence-corrected chi connectivity index (χ4v) is 0.488. The molecular weight excluding hydrogens is 193 g/mol. The molecule has 0 spiro atoms. The highest BCUT2D eigenvalue weighted by Crippen LogP contribution is 2.15. The average Bonchev–Trinajstić information content (AvgIpc) is 2.03. The summed E-state index contributed by atoms with van der Waals surface area (Å²) in [6.45, 7) is -3.82. The molecule has 0 amide bonds. The molecule has 0 aromatic carbocycles. The van der Waals surface area contributed by atoms with Crippen LogP contribution in [0.4, 0.5) is 13.2 Å². The highest BCUT2D eigenvalue weighted by atomic mass is 19.3. The van der Waals surface area contributed by atoms with Crippen LogP contribution in [-0.2, 0) is 9.47 Å². The molecule has 0 rings (SSSR count). The van der Waals surface area contributed by atoms with Crippen LogP contribution in [0.5, 0.6) is 0 Å². The molecular formula is C6H11F3O4. The number of alkyl halides is 3. The van der Waals surface area contributed by atoms with E-state index >= 15 is 0 Å². The van der Waals surface area contributed by atoms with E-state index in [1.807, 2.05) is 0 Å². The van der Waals surface area contributed by atoms with Gasteiger partial charge in [-0.2, -0.15) is 8.78 Å². The van der Waals surface area contributed by atoms with Crippen molar-refractivity contribution in [3.63, 3.8) is 0 Å². The molecule has 1 unspecified atom stereocenters. The van der Waals surface area contributed by atoms with Gasteiger partial charge in [0.15, 0.2) is 6.86 Å². The lowest BCUT2D eigenvalue weighted by Gasteiger charge is -2.15. The van der Waals surface area contributed by atoms with Crippen molar-refractivity contribution in [2.45, 2.75) is 12.2 Å². The Hall–Kier alpha value is -0.370. The van der Waals surface area contributed by atoms with Gasteiger partial charge in [0.1, 0.15) is 12.7 Å². The molecule has 1 atom stereocenters. The molecule has 0 aromatic heterocycles. The predicted molar refractivity (Wildman–Crippen MR) is 35.9 cm³/mol. The smallest absolute Gasteiger partial charge is 0.381 e. The molecule has 0 aromatic rings. The summed E-state index contributed by atoms with van der Waals surface area (Å²) >= 11 is 0. The number of hydrogen-bond donors (Lipinski definition) is 2. The Morgan fingerprint density at radius 2 is 2.00 bits per heavy atom. The van der Waals surface area contributed by atoms with Crippen molar-refractivity contribution in [2.24, 2.45) is 0 Å². The monoisotopic (exact) mass is 204 g/mol. The molecule has 80 valence electrons. The predicted octanol–water partition coefficient (Wildman–Crippen LogP) is -0.107. The SMILES string of the molecule is OCC(O)COCC(F)(F)OCF. The van der Waals surface area contributed by atoms with Crippen LogP contribution in [0.15, 0.2) is 0 Å². The maximum absolute atomic E-state index is 12.2. The quantitative estimate of drug-likeness (QED) is 0.607. The van der Waals surface area contributed by atoms with E-state index < -0.39 is 38.9 Å². The van der Waals surface area contributed by atoms with Gasteiger partial charge >= 0.3 is 6.11 Å². The van der Waals surface area contributed by atoms with Crippen molar-refractivity contribution in [3.05, 3.63) is 0 Å². The van der Waals surface area contributed by atoms with Crippen molar-refractivity contribution in [1.29, 1.82) is 0 Å². The van der Waals surface area contributed by atoms with Gasteiger partial charge < -0.3 is 14.9 Å². The minimum atomic E-state index is -3.70. The van der Waals surface area contributed by atoms with Gasteiger partial charge in [-0.15, -0.1) is 0 Å². The van der Waals surface area contributed by atoms with Gasteiger partial charge in [-0.05, 0) is 0 Å². The van der Waals surface area contributed by atoms with Crippen molar-refractivity contribution >= 4 is 0 Å². The third-order valence-electron chi connectivity index (χ3n) is 1.06. The number of halogens is 3. The Labute approximate surface area is 72.9 Å². The summed E-state index contributed by atoms with van der Waals surface area (Å²) in [5.41, 5.74) is 0. The summed E-state index contributed by atoms with van der Waals surface area (Å²) in [5.74, 6) is 0. The Kier molecular flexibility index (Phi) is 5.97. The zero-order chi connectivity index (χ0) is 10.3. The molecule has 0 aliphatic carbocycles. The molecule has 0 fully saturated rings. The van der Waals surface area contributed by atoms with Crippen LogP contribution in [0, 0.1) is 0 Å². The first-order valence-corrected chi connectivity index (χ1v) is 3.46. The number of ether oxygens (including phenoxy) is 2. The third kappa shape index (κ3) is 6.76. The first-order chi connectivity index (χ1) is 6.02. The highest BCUT2D eigenvalue weighted by Gasteiger charge is 2.30. The molecule has 0 aliphatic heterocycles. The normalized spacial score (nSPS) is 14.5. The molecule has 0 aliphatic rings. The maximum atomic E-state index is 12.2. The minimum absolute atomic E-state index is 0.457. The number of hydrogen-bond acceptors (Lipinski definition) is 4. The van der Waals surface area contributed by atoms with Crippen molar-refractivity contribution < 1.29 is 32.9 Å². The molecule has 7 heteroatoms. The van der Waals surface area contributed by atoms with Crippen molar-refractivity contribution in [2.75, 3.05) is 26.7 Å². The van der Waals surface area contributed by atoms with E-state index in [4.69, 9.17) is 10.2 Å². The zero-order valence-corrected chi connectivity index (χ0v) is 6.75. The lowest BCUT2D eigenvalue weighted by atomic mass is 10.4. The Morgan fingerprint density at radius 1 is 1.38 bits per heavy atom. The van der Waals surface area contributed by atoms with Gasteiger partial charge in [0.2, 0.25) is 0 Å². The number of aliphatic hydroxyl groups is 2. The Morgan fingerprint density at radius 3 is 2.46 bits per heavy atom. The van der Waals surface area contributed by atoms with Crippen LogP contribution in [0.25, 0.3) is 0 Å². The summed E-state index contributed by atoms with van der Waals surface area (Å²) in [4.78, 5) is 0. The first-order valence-electron chi connectivity index (χ1n) is 3.46. The van der Waals surface area contributed by atoms with Crippen LogP contribution in [0.2, 0.25) is 0 Å². The fraction of sp³-hybridized carbons (Fsp3) is 1.00. The second kappa shape index (κ2) is 6.14. The van der Waals surface area contributed by atoms with E-state index in [-0.39, 0.29) is 0 Å². The van der Waals surface area contributed by atoms with E-state index in [0.29, 0.717) is 0 Å². The second-order valence-corrected chi connectivity index (χ2v) is 2.24. The van der Waals surface area contributed by atoms with Crippen molar-refractivity contribution in [1.82, 2.24) is 0 Å². The average molecular weight is 204 g/mol. The molecule has 0 heterocycles. The Balaban J connectivity index is 3.50. The lowest BCUT2D eigenvalue weighted by molar-refractivity contribution is -0.280. The van der Waals surface area contributed by atoms with Crippen LogP contribution in [0.3, 0.4) is 0 Å². The summed E-state index contributed by atoms with van der Waals surface area (Å²) < 4.78 is 43.4. The number of aliphatic hydroxyl groups excluding tert-OH is 2. The molecule has 0 saturated heterocycles. The topological polar surface area (TPSA) is 58.9 Å². The van der Waals surface area contributed by atoms with Crippen molar-refractivity contribution in [3.8, 4) is 0 Å². The van der Waals surface area contributed by atoms with Gasteiger partial charge in [-0.25, -0.2) is 4.39 Å². The largest absolute Gasteiger partial charge is 0.394 e. The van der Waals surface area contributed by atoms with E-state index in [1.165, 1.54) is 0 Å². The molecule has 2 N–H and O–H groups in total. The minimum Gasteiger partial charge on any atom is -0.394 e. The maximum Gasteiger partial charge on any atom is 0.381 e. The van der Waals surface area contributed by atoms with Gasteiger partial charge in [0, 0.05) is 0 Å². The molecule has 0 bridgehead atoms. The molecule has 13 heavy (non-hydrogen) atoms. The number of rotatable bonds is 7. The summed E-state index contributed by atoms with van der Waals surface area (Å²) in [6, 6.07) is 0. The van der Waals surface area contributed by atoms with Crippen LogP contribution >= 0.6 is 0 Å². The Bertz CT molecular complexity index is 133. The van der Waals surface area contributed by atoms with Gasteiger partial charge in [0.05, 0.1) is 13.2 Å². The zero-order valence-electron chi connectivity index (χ0n) is 6.75. The summed E-state index contributed by atoms with van der Waals surface area (Å²) in [7, 11) is 0. The molecule has 4 nitrogen and oxygen atoms in total. The van der Waals surface area contributed by atoms with Gasteiger partial charge in [0.25, 0.3) is 0 Å². The lowest BCUT2D eigenvalue weighted by Crippen LogP contribution is -2.30. The first kappa shape index (κ1) is 12.6. The van der Waals surface area contributed by atoms with E-state index in [0.717, 1.165) is 0 Å². The highest BCUT2D eigenvalue weighted by molar-refractivity contribution is 4.53. The van der Waals surface area contributed by atoms with E-state index in [2.05, 4.69) is 9.47 Å². The van der Waals surface area contributed by atoms with E-state index in [1.54, 1.807) is 0 Å². The van der Waals surface area contributed by atoms with Gasteiger partial charge in [-0.3, -0.25) is 4.74 Å². The van der Waals surface area contributed by atoms with Crippen LogP contribution in [-0.4, -0.2) is 49.1 Å². The van der Waals surface area contributed by atoms with Crippen LogP contribution < -0.4 is 0 Å². The van der Waals surface area contributed by atoms with E-state index in [9.17, 15) is 13.2 Å². The standard InChI is InChI=1S/C6H11F3O4/c7-4-13-6(8,9)3-12-2-5(11)1-10/h5,10-11H,1-4H2. The third-order valence-corrected chi connectivity index (χ3v) is 1.06. The second-order valence-electron chi connectivity index (χ2n) is 2.24. The van der Waals surface area contributed by atoms with Crippen LogP contribution in [0.1, 0.15) is 0 Å².